The number of amides is 1. The number of carbonyl (C=O) groups excluding carboxylic acids is 1. The van der Waals surface area contributed by atoms with Gasteiger partial charge in [-0.25, -0.2) is 4.98 Å². The van der Waals surface area contributed by atoms with E-state index in [0.29, 0.717) is 29.1 Å². The molecule has 0 N–H and O–H groups in total. The normalized spacial score (nSPS) is 10.8. The van der Waals surface area contributed by atoms with Crippen LogP contribution in [0.2, 0.25) is 0 Å². The Morgan fingerprint density at radius 3 is 2.59 bits per heavy atom. The minimum Gasteiger partial charge on any atom is -0.308 e. The molecule has 0 aliphatic carbocycles. The van der Waals surface area contributed by atoms with Crippen molar-refractivity contribution >= 4 is 34.3 Å². The first-order valence-electron chi connectivity index (χ1n) is 10.1. The number of anilines is 1. The van der Waals surface area contributed by atoms with E-state index in [4.69, 9.17) is 4.98 Å². The molecule has 0 spiro atoms. The molecule has 2 aromatic carbocycles. The van der Waals surface area contributed by atoms with Crippen molar-refractivity contribution in [3.8, 4) is 0 Å². The Labute approximate surface area is 190 Å². The second-order valence-corrected chi connectivity index (χ2v) is 8.02. The van der Waals surface area contributed by atoms with Gasteiger partial charge in [-0.3, -0.25) is 19.1 Å². The molecule has 0 fully saturated rings. The summed E-state index contributed by atoms with van der Waals surface area (Å²) in [4.78, 5) is 36.8. The smallest absolute Gasteiger partial charge is 0.262 e. The van der Waals surface area contributed by atoms with Gasteiger partial charge < -0.3 is 4.90 Å². The molecule has 0 saturated carbocycles. The third-order valence-corrected chi connectivity index (χ3v) is 5.86. The van der Waals surface area contributed by atoms with Crippen molar-refractivity contribution in [3.63, 3.8) is 0 Å². The average Bonchev–Trinajstić information content (AvgIpc) is 2.84. The zero-order valence-corrected chi connectivity index (χ0v) is 18.2. The molecule has 0 saturated heterocycles. The molecule has 7 heteroatoms. The standard InChI is InChI=1S/C25H22N4O2S/c1-2-15-28(20-10-4-3-5-11-20)23(30)18-32-25-27-22-13-7-6-12-21(22)24(31)29(25)17-19-9-8-14-26-16-19/h2-14,16H,1,15,17-18H2. The summed E-state index contributed by atoms with van der Waals surface area (Å²) in [5.74, 6) is 0.0528. The van der Waals surface area contributed by atoms with E-state index >= 15 is 0 Å². The van der Waals surface area contributed by atoms with Crippen molar-refractivity contribution < 1.29 is 4.79 Å². The van der Waals surface area contributed by atoms with Gasteiger partial charge in [0.25, 0.3) is 5.56 Å². The summed E-state index contributed by atoms with van der Waals surface area (Å²) in [6, 6.07) is 20.5. The van der Waals surface area contributed by atoms with Crippen molar-refractivity contribution in [2.45, 2.75) is 11.7 Å². The van der Waals surface area contributed by atoms with Gasteiger partial charge in [-0.05, 0) is 35.9 Å². The lowest BCUT2D eigenvalue weighted by Crippen LogP contribution is -2.33. The van der Waals surface area contributed by atoms with Crippen LogP contribution in [0, 0.1) is 0 Å². The van der Waals surface area contributed by atoms with Crippen LogP contribution in [0.1, 0.15) is 5.56 Å². The molecule has 0 aliphatic rings. The van der Waals surface area contributed by atoms with Gasteiger partial charge in [-0.1, -0.05) is 54.2 Å². The first kappa shape index (κ1) is 21.5. The Balaban J connectivity index is 1.65. The number of hydrogen-bond donors (Lipinski definition) is 0. The van der Waals surface area contributed by atoms with E-state index in [1.807, 2.05) is 60.7 Å². The molecule has 0 aliphatic heterocycles. The molecule has 4 rings (SSSR count). The van der Waals surface area contributed by atoms with E-state index in [-0.39, 0.29) is 17.2 Å². The fourth-order valence-corrected chi connectivity index (χ4v) is 4.24. The first-order chi connectivity index (χ1) is 15.7. The van der Waals surface area contributed by atoms with Gasteiger partial charge in [0.1, 0.15) is 0 Å². The van der Waals surface area contributed by atoms with Crippen LogP contribution >= 0.6 is 11.8 Å². The summed E-state index contributed by atoms with van der Waals surface area (Å²) < 4.78 is 1.61. The number of hydrogen-bond acceptors (Lipinski definition) is 5. The first-order valence-corrected chi connectivity index (χ1v) is 11.1. The summed E-state index contributed by atoms with van der Waals surface area (Å²) in [7, 11) is 0. The molecule has 2 heterocycles. The van der Waals surface area contributed by atoms with Crippen LogP contribution in [-0.4, -0.2) is 32.7 Å². The largest absolute Gasteiger partial charge is 0.308 e. The number of aromatic nitrogens is 3. The Bertz CT molecular complexity index is 1290. The number of benzene rings is 2. The van der Waals surface area contributed by atoms with Gasteiger partial charge >= 0.3 is 0 Å². The summed E-state index contributed by atoms with van der Waals surface area (Å²) in [6.07, 6.45) is 5.11. The number of carbonyl (C=O) groups is 1. The fourth-order valence-electron chi connectivity index (χ4n) is 3.36. The van der Waals surface area contributed by atoms with Gasteiger partial charge in [0.15, 0.2) is 5.16 Å². The highest BCUT2D eigenvalue weighted by Gasteiger charge is 2.18. The van der Waals surface area contributed by atoms with Crippen LogP contribution in [0.15, 0.2) is 102 Å². The third kappa shape index (κ3) is 4.78. The quantitative estimate of drug-likeness (QED) is 0.233. The second kappa shape index (κ2) is 10.1. The van der Waals surface area contributed by atoms with E-state index in [1.54, 1.807) is 34.0 Å². The molecule has 6 nitrogen and oxygen atoms in total. The summed E-state index contributed by atoms with van der Waals surface area (Å²) in [5.41, 5.74) is 2.16. The van der Waals surface area contributed by atoms with Crippen molar-refractivity contribution in [2.24, 2.45) is 0 Å². The predicted octanol–water partition coefficient (Wildman–Crippen LogP) is 4.15. The predicted molar refractivity (Wildman–Crippen MR) is 129 cm³/mol. The maximum Gasteiger partial charge on any atom is 0.262 e. The molecule has 2 aromatic heterocycles. The lowest BCUT2D eigenvalue weighted by atomic mass is 10.2. The average molecular weight is 443 g/mol. The number of para-hydroxylation sites is 2. The van der Waals surface area contributed by atoms with E-state index in [2.05, 4.69) is 11.6 Å². The maximum atomic E-state index is 13.2. The van der Waals surface area contributed by atoms with Gasteiger partial charge in [-0.15, -0.1) is 6.58 Å². The van der Waals surface area contributed by atoms with Gasteiger partial charge in [0, 0.05) is 24.6 Å². The minimum absolute atomic E-state index is 0.0866. The minimum atomic E-state index is -0.139. The van der Waals surface area contributed by atoms with E-state index < -0.39 is 0 Å². The van der Waals surface area contributed by atoms with Gasteiger partial charge in [0.2, 0.25) is 5.91 Å². The molecule has 1 amide bonds. The van der Waals surface area contributed by atoms with Crippen molar-refractivity contribution in [2.75, 3.05) is 17.2 Å². The SMILES string of the molecule is C=CCN(C(=O)CSc1nc2ccccc2c(=O)n1Cc1cccnc1)c1ccccc1. The number of fused-ring (bicyclic) bond motifs is 1. The molecule has 0 atom stereocenters. The van der Waals surface area contributed by atoms with Crippen molar-refractivity contribution in [3.05, 3.63) is 108 Å². The second-order valence-electron chi connectivity index (χ2n) is 7.08. The van der Waals surface area contributed by atoms with Crippen LogP contribution in [0.4, 0.5) is 5.69 Å². The third-order valence-electron chi connectivity index (χ3n) is 4.90. The highest BCUT2D eigenvalue weighted by molar-refractivity contribution is 7.99. The molecule has 0 bridgehead atoms. The van der Waals surface area contributed by atoms with Crippen molar-refractivity contribution in [1.82, 2.24) is 14.5 Å². The number of thioether (sulfide) groups is 1. The number of rotatable bonds is 8. The van der Waals surface area contributed by atoms with Crippen LogP contribution in [0.25, 0.3) is 10.9 Å². The lowest BCUT2D eigenvalue weighted by Gasteiger charge is -2.21. The molecule has 0 unspecified atom stereocenters. The lowest BCUT2D eigenvalue weighted by molar-refractivity contribution is -0.116. The van der Waals surface area contributed by atoms with Crippen LogP contribution in [0.3, 0.4) is 0 Å². The highest BCUT2D eigenvalue weighted by Crippen LogP contribution is 2.21. The monoisotopic (exact) mass is 442 g/mol. The van der Waals surface area contributed by atoms with E-state index in [0.717, 1.165) is 11.3 Å². The van der Waals surface area contributed by atoms with Crippen LogP contribution < -0.4 is 10.5 Å². The molecule has 4 aromatic rings. The van der Waals surface area contributed by atoms with Gasteiger partial charge in [0.05, 0.1) is 23.2 Å². The fraction of sp³-hybridized carbons (Fsp3) is 0.120. The number of pyridine rings is 1. The zero-order valence-electron chi connectivity index (χ0n) is 17.4. The topological polar surface area (TPSA) is 68.1 Å². The Morgan fingerprint density at radius 2 is 1.84 bits per heavy atom. The molecular weight excluding hydrogens is 420 g/mol. The molecule has 0 radical (unpaired) electrons. The van der Waals surface area contributed by atoms with E-state index in [9.17, 15) is 9.59 Å². The maximum absolute atomic E-state index is 13.2. The summed E-state index contributed by atoms with van der Waals surface area (Å²) in [6.45, 7) is 4.50. The Hall–Kier alpha value is -3.71. The number of nitrogens with zero attached hydrogens (tertiary/aromatic N) is 4. The van der Waals surface area contributed by atoms with Crippen LogP contribution in [0.5, 0.6) is 0 Å². The zero-order chi connectivity index (χ0) is 22.3. The molecule has 32 heavy (non-hydrogen) atoms. The van der Waals surface area contributed by atoms with Crippen LogP contribution in [-0.2, 0) is 11.3 Å². The Kier molecular flexibility index (Phi) is 6.77. The summed E-state index contributed by atoms with van der Waals surface area (Å²) >= 11 is 1.26. The van der Waals surface area contributed by atoms with E-state index in [1.165, 1.54) is 11.8 Å². The molecular formula is C25H22N4O2S. The molecule has 160 valence electrons. The van der Waals surface area contributed by atoms with Crippen molar-refractivity contribution in [1.29, 1.82) is 0 Å². The van der Waals surface area contributed by atoms with Gasteiger partial charge in [-0.2, -0.15) is 0 Å². The summed E-state index contributed by atoms with van der Waals surface area (Å²) in [5, 5.41) is 1.04. The highest BCUT2D eigenvalue weighted by atomic mass is 32.2. The Morgan fingerprint density at radius 1 is 1.06 bits per heavy atom.